The maximum atomic E-state index is 5.74. The summed E-state index contributed by atoms with van der Waals surface area (Å²) in [5.41, 5.74) is 0. The summed E-state index contributed by atoms with van der Waals surface area (Å²) in [7, 11) is -1.52. The maximum absolute atomic E-state index is 5.74. The molecule has 0 aliphatic carbocycles. The number of thiocarbonyl (C=S) groups is 1. The van der Waals surface area contributed by atoms with Crippen molar-refractivity contribution in [3.63, 3.8) is 0 Å². The molecular formula is C25H50S5. The third-order valence-corrected chi connectivity index (χ3v) is 13.5. The van der Waals surface area contributed by atoms with E-state index >= 15 is 0 Å². The fourth-order valence-electron chi connectivity index (χ4n) is 3.70. The molecule has 0 aliphatic rings. The second-order valence-electron chi connectivity index (χ2n) is 8.78. The number of hydrogen-bond donors (Lipinski definition) is 0. The lowest BCUT2D eigenvalue weighted by atomic mass is 10.1. The van der Waals surface area contributed by atoms with Gasteiger partial charge in [-0.1, -0.05) is 142 Å². The monoisotopic (exact) mass is 510 g/mol. The summed E-state index contributed by atoms with van der Waals surface area (Å²) >= 11 is 18.9. The third-order valence-electron chi connectivity index (χ3n) is 5.74. The molecule has 0 saturated heterocycles. The number of hydrogen-bond acceptors (Lipinski definition) is 4. The van der Waals surface area contributed by atoms with Gasteiger partial charge in [-0.05, 0) is 48.1 Å². The van der Waals surface area contributed by atoms with Gasteiger partial charge in [0.15, 0.2) is 0 Å². The molecule has 0 rings (SSSR count). The molecular weight excluding hydrogens is 461 g/mol. The first-order chi connectivity index (χ1) is 14.5. The van der Waals surface area contributed by atoms with Crippen LogP contribution in [-0.2, 0) is 29.5 Å². The Bertz CT molecular complexity index is 470. The molecule has 0 aromatic carbocycles. The van der Waals surface area contributed by atoms with Crippen LogP contribution in [0, 0.1) is 0 Å². The Morgan fingerprint density at radius 1 is 0.533 bits per heavy atom. The van der Waals surface area contributed by atoms with Crippen molar-refractivity contribution in [3.8, 4) is 0 Å². The molecule has 0 saturated carbocycles. The summed E-state index contributed by atoms with van der Waals surface area (Å²) in [5.74, 6) is 2.10. The molecule has 0 atom stereocenters. The van der Waals surface area contributed by atoms with E-state index in [9.17, 15) is 0 Å². The molecule has 0 aromatic heterocycles. The average molecular weight is 511 g/mol. The van der Waals surface area contributed by atoms with Crippen LogP contribution < -0.4 is 0 Å². The van der Waals surface area contributed by atoms with Gasteiger partial charge in [-0.2, -0.15) is 0 Å². The third kappa shape index (κ3) is 21.1. The van der Waals surface area contributed by atoms with Crippen molar-refractivity contribution < 1.29 is 0 Å². The Hall–Kier alpha value is 1.23. The Morgan fingerprint density at radius 3 is 1.27 bits per heavy atom. The van der Waals surface area contributed by atoms with E-state index in [0.717, 1.165) is 15.0 Å². The molecule has 0 bridgehead atoms. The molecule has 0 heterocycles. The first-order valence-electron chi connectivity index (χ1n) is 12.9. The summed E-state index contributed by atoms with van der Waals surface area (Å²) in [5, 5.41) is 0. The van der Waals surface area contributed by atoms with Crippen LogP contribution in [0.5, 0.6) is 0 Å². The molecule has 0 fully saturated rings. The smallest absolute Gasteiger partial charge is 0.107 e. The van der Waals surface area contributed by atoms with Crippen molar-refractivity contribution in [2.45, 2.75) is 142 Å². The van der Waals surface area contributed by atoms with Gasteiger partial charge in [-0.25, -0.2) is 0 Å². The number of thioether (sulfide) groups is 1. The normalized spacial score (nSPS) is 11.8. The standard InChI is InChI=1S/C25H50S5/c1-3-5-7-9-11-13-15-17-19-21-23-29-25(26)30(27,28)24-22-20-18-16-14-12-10-8-6-4-2/h3-24H2,1-2H3. The number of rotatable bonds is 22. The molecule has 0 radical (unpaired) electrons. The molecule has 5 heteroatoms. The van der Waals surface area contributed by atoms with Gasteiger partial charge in [0.05, 0.1) is 0 Å². The quantitative estimate of drug-likeness (QED) is 0.105. The average Bonchev–Trinajstić information content (AvgIpc) is 2.73. The second kappa shape index (κ2) is 23.4. The molecule has 0 nitrogen and oxygen atoms in total. The molecule has 0 aliphatic heterocycles. The van der Waals surface area contributed by atoms with Crippen molar-refractivity contribution in [2.24, 2.45) is 0 Å². The molecule has 0 unspecified atom stereocenters. The molecule has 180 valence electrons. The summed E-state index contributed by atoms with van der Waals surface area (Å²) in [4.78, 5) is 0. The van der Waals surface area contributed by atoms with Crippen LogP contribution in [0.15, 0.2) is 0 Å². The highest BCUT2D eigenvalue weighted by atomic mass is 33.1. The lowest BCUT2D eigenvalue weighted by Gasteiger charge is -2.11. The zero-order valence-corrected chi connectivity index (χ0v) is 24.2. The Kier molecular flexibility index (Phi) is 24.3. The Labute approximate surface area is 209 Å². The lowest BCUT2D eigenvalue weighted by Crippen LogP contribution is -2.11. The lowest BCUT2D eigenvalue weighted by molar-refractivity contribution is 0.563. The first-order valence-corrected chi connectivity index (χ1v) is 18.0. The predicted octanol–water partition coefficient (Wildman–Crippen LogP) is 9.92. The predicted molar refractivity (Wildman–Crippen MR) is 156 cm³/mol. The van der Waals surface area contributed by atoms with Gasteiger partial charge in [0.1, 0.15) is 3.53 Å². The zero-order valence-electron chi connectivity index (χ0n) is 20.1. The minimum atomic E-state index is -1.52. The summed E-state index contributed by atoms with van der Waals surface area (Å²) in [6.07, 6.45) is 27.4. The van der Waals surface area contributed by atoms with Crippen molar-refractivity contribution in [1.29, 1.82) is 0 Å². The van der Waals surface area contributed by atoms with Gasteiger partial charge in [0.25, 0.3) is 0 Å². The second-order valence-corrected chi connectivity index (χ2v) is 17.2. The Morgan fingerprint density at radius 2 is 0.867 bits per heavy atom. The fourth-order valence-corrected chi connectivity index (χ4v) is 8.25. The van der Waals surface area contributed by atoms with Gasteiger partial charge in [0.2, 0.25) is 0 Å². The molecule has 30 heavy (non-hydrogen) atoms. The van der Waals surface area contributed by atoms with Crippen molar-refractivity contribution in [3.05, 3.63) is 0 Å². The molecule has 0 N–H and O–H groups in total. The summed E-state index contributed by atoms with van der Waals surface area (Å²) < 4.78 is 0.972. The van der Waals surface area contributed by atoms with Gasteiger partial charge in [-0.3, -0.25) is 0 Å². The fraction of sp³-hybridized carbons (Fsp3) is 0.960. The van der Waals surface area contributed by atoms with Gasteiger partial charge >= 0.3 is 0 Å². The van der Waals surface area contributed by atoms with Crippen LogP contribution in [0.25, 0.3) is 0 Å². The van der Waals surface area contributed by atoms with Crippen LogP contribution >= 0.6 is 24.0 Å². The minimum absolute atomic E-state index is 0.972. The Balaban J connectivity index is 3.51. The van der Waals surface area contributed by atoms with Gasteiger partial charge in [-0.15, -0.1) is 11.8 Å². The van der Waals surface area contributed by atoms with Crippen molar-refractivity contribution in [1.82, 2.24) is 0 Å². The van der Waals surface area contributed by atoms with Crippen LogP contribution in [-0.4, -0.2) is 15.0 Å². The highest BCUT2D eigenvalue weighted by Gasteiger charge is 2.10. The number of unbranched alkanes of at least 4 members (excludes halogenated alkanes) is 18. The van der Waals surface area contributed by atoms with E-state index in [1.165, 1.54) is 128 Å². The largest absolute Gasteiger partial charge is 0.112 e. The maximum Gasteiger partial charge on any atom is 0.112 e. The topological polar surface area (TPSA) is 0 Å². The highest BCUT2D eigenvalue weighted by Crippen LogP contribution is 2.18. The van der Waals surface area contributed by atoms with E-state index < -0.39 is 7.15 Å². The van der Waals surface area contributed by atoms with Crippen LogP contribution in [0.1, 0.15) is 142 Å². The van der Waals surface area contributed by atoms with Gasteiger partial charge in [0, 0.05) is 5.75 Å². The van der Waals surface area contributed by atoms with Gasteiger partial charge < -0.3 is 0 Å². The van der Waals surface area contributed by atoms with Crippen LogP contribution in [0.2, 0.25) is 0 Å². The summed E-state index contributed by atoms with van der Waals surface area (Å²) in [6, 6.07) is 0. The minimum Gasteiger partial charge on any atom is -0.107 e. The molecule has 0 spiro atoms. The zero-order chi connectivity index (χ0) is 22.3. The van der Waals surface area contributed by atoms with Crippen LogP contribution in [0.3, 0.4) is 0 Å². The SMILES string of the molecule is CCCCCCCCCCCCSC(=S)S(=S)(=S)CCCCCCCCCCCC. The van der Waals surface area contributed by atoms with E-state index in [1.807, 2.05) is 0 Å². The van der Waals surface area contributed by atoms with Crippen molar-refractivity contribution >= 4 is 57.0 Å². The van der Waals surface area contributed by atoms with Crippen molar-refractivity contribution in [2.75, 3.05) is 11.5 Å². The van der Waals surface area contributed by atoms with E-state index in [0.29, 0.717) is 0 Å². The highest BCUT2D eigenvalue weighted by molar-refractivity contribution is 8.73. The van der Waals surface area contributed by atoms with Crippen LogP contribution in [0.4, 0.5) is 0 Å². The van der Waals surface area contributed by atoms with E-state index in [1.54, 1.807) is 11.8 Å². The molecule has 0 amide bonds. The summed E-state index contributed by atoms with van der Waals surface area (Å²) in [6.45, 7) is 4.56. The van der Waals surface area contributed by atoms with E-state index in [-0.39, 0.29) is 0 Å². The first kappa shape index (κ1) is 31.2. The van der Waals surface area contributed by atoms with E-state index in [2.05, 4.69) is 13.8 Å². The molecule has 0 aromatic rings. The van der Waals surface area contributed by atoms with E-state index in [4.69, 9.17) is 34.6 Å².